The molecule has 5 rings (SSSR count). The average molecular weight is 598 g/mol. The first-order chi connectivity index (χ1) is 21.1. The number of amides is 2. The Morgan fingerprint density at radius 3 is 2.59 bits per heavy atom. The Morgan fingerprint density at radius 2 is 1.89 bits per heavy atom. The molecule has 3 aromatic carbocycles. The van der Waals surface area contributed by atoms with Gasteiger partial charge in [-0.1, -0.05) is 24.3 Å². The van der Waals surface area contributed by atoms with Crippen molar-refractivity contribution in [3.63, 3.8) is 0 Å². The number of aromatic nitrogens is 2. The number of hydrogen-bond acceptors (Lipinski definition) is 7. The first kappa shape index (κ1) is 30.5. The minimum Gasteiger partial charge on any atom is -0.378 e. The average Bonchev–Trinajstić information content (AvgIpc) is 3.02. The third kappa shape index (κ3) is 6.67. The first-order valence-electron chi connectivity index (χ1n) is 14.3. The van der Waals surface area contributed by atoms with Gasteiger partial charge in [0.25, 0.3) is 17.4 Å². The highest BCUT2D eigenvalue weighted by atomic mass is 19.1. The van der Waals surface area contributed by atoms with Crippen LogP contribution in [0.15, 0.2) is 65.5 Å². The number of benzene rings is 3. The Kier molecular flexibility index (Phi) is 8.85. The summed E-state index contributed by atoms with van der Waals surface area (Å²) < 4.78 is 20.7. The molecular formula is C33H32FN5O5. The fourth-order valence-corrected chi connectivity index (χ4v) is 5.22. The van der Waals surface area contributed by atoms with Crippen LogP contribution in [-0.2, 0) is 16.0 Å². The minimum absolute atomic E-state index is 0.0479. The van der Waals surface area contributed by atoms with Gasteiger partial charge in [-0.25, -0.2) is 9.49 Å². The van der Waals surface area contributed by atoms with Gasteiger partial charge >= 0.3 is 0 Å². The lowest BCUT2D eigenvalue weighted by molar-refractivity contribution is -0.142. The van der Waals surface area contributed by atoms with Crippen LogP contribution < -0.4 is 10.9 Å². The molecule has 3 N–H and O–H groups in total. The molecule has 1 aromatic heterocycles. The van der Waals surface area contributed by atoms with Gasteiger partial charge in [0.15, 0.2) is 5.60 Å². The van der Waals surface area contributed by atoms with Crippen molar-refractivity contribution in [3.8, 4) is 6.07 Å². The van der Waals surface area contributed by atoms with Crippen LogP contribution >= 0.6 is 0 Å². The topological polar surface area (TPSA) is 148 Å². The Morgan fingerprint density at radius 1 is 1.16 bits per heavy atom. The van der Waals surface area contributed by atoms with Crippen LogP contribution in [-0.4, -0.2) is 63.4 Å². The number of ether oxygens (including phenoxy) is 1. The molecule has 0 aliphatic carbocycles. The van der Waals surface area contributed by atoms with Gasteiger partial charge < -0.3 is 20.1 Å². The molecule has 0 radical (unpaired) electrons. The van der Waals surface area contributed by atoms with E-state index in [0.717, 1.165) is 0 Å². The number of H-pyrrole nitrogens is 1. The number of halogens is 1. The van der Waals surface area contributed by atoms with Crippen molar-refractivity contribution < 1.29 is 23.8 Å². The van der Waals surface area contributed by atoms with Crippen LogP contribution in [0.5, 0.6) is 0 Å². The van der Waals surface area contributed by atoms with Gasteiger partial charge in [-0.3, -0.25) is 14.4 Å². The SMILES string of the molecule is Cc1cc(NC(=O)[C@@](C)(O)COC2CCN(C(=O)c3cc(Cc4n[nH]c(=O)c5ccccc45)ccc3F)CC2)ccc1C#N. The van der Waals surface area contributed by atoms with Gasteiger partial charge in [-0.2, -0.15) is 10.4 Å². The number of nitriles is 1. The summed E-state index contributed by atoms with van der Waals surface area (Å²) in [5, 5.41) is 30.4. The van der Waals surface area contributed by atoms with E-state index in [1.165, 1.54) is 19.1 Å². The molecule has 1 aliphatic heterocycles. The number of carbonyl (C=O) groups excluding carboxylic acids is 2. The summed E-state index contributed by atoms with van der Waals surface area (Å²) in [5.41, 5.74) is 0.783. The predicted molar refractivity (Wildman–Crippen MR) is 162 cm³/mol. The number of fused-ring (bicyclic) bond motifs is 1. The Balaban J connectivity index is 1.17. The number of nitrogens with zero attached hydrogens (tertiary/aromatic N) is 3. The van der Waals surface area contributed by atoms with Crippen molar-refractivity contribution >= 4 is 28.3 Å². The molecule has 2 heterocycles. The Hall–Kier alpha value is -4.92. The maximum Gasteiger partial charge on any atom is 0.272 e. The molecule has 1 aliphatic rings. The van der Waals surface area contributed by atoms with Gasteiger partial charge in [0.05, 0.1) is 41.0 Å². The van der Waals surface area contributed by atoms with E-state index in [-0.39, 0.29) is 23.8 Å². The molecule has 0 spiro atoms. The number of anilines is 1. The number of aromatic amines is 1. The predicted octanol–water partition coefficient (Wildman–Crippen LogP) is 3.84. The van der Waals surface area contributed by atoms with Gasteiger partial charge in [-0.05, 0) is 74.2 Å². The third-order valence-electron chi connectivity index (χ3n) is 7.83. The Bertz CT molecular complexity index is 1820. The van der Waals surface area contributed by atoms with Gasteiger partial charge in [0, 0.05) is 30.6 Å². The molecule has 10 nitrogen and oxygen atoms in total. The highest BCUT2D eigenvalue weighted by Gasteiger charge is 2.33. The molecule has 0 bridgehead atoms. The van der Waals surface area contributed by atoms with E-state index in [1.54, 1.807) is 54.3 Å². The normalized spacial score (nSPS) is 15.0. The fourth-order valence-electron chi connectivity index (χ4n) is 5.22. The molecule has 1 saturated heterocycles. The number of aliphatic hydroxyl groups is 1. The fraction of sp³-hybridized carbons (Fsp3) is 0.303. The molecule has 1 atom stereocenters. The lowest BCUT2D eigenvalue weighted by atomic mass is 10.0. The maximum absolute atomic E-state index is 14.8. The van der Waals surface area contributed by atoms with Crippen molar-refractivity contribution in [1.29, 1.82) is 5.26 Å². The second-order valence-electron chi connectivity index (χ2n) is 11.2. The molecule has 44 heavy (non-hydrogen) atoms. The summed E-state index contributed by atoms with van der Waals surface area (Å²) >= 11 is 0. The molecule has 0 unspecified atom stereocenters. The number of aryl methyl sites for hydroxylation is 1. The number of rotatable bonds is 8. The zero-order chi connectivity index (χ0) is 31.4. The molecule has 4 aromatic rings. The van der Waals surface area contributed by atoms with Crippen molar-refractivity contribution in [1.82, 2.24) is 15.1 Å². The lowest BCUT2D eigenvalue weighted by Crippen LogP contribution is -2.47. The summed E-state index contributed by atoms with van der Waals surface area (Å²) in [4.78, 5) is 39.7. The van der Waals surface area contributed by atoms with Crippen LogP contribution in [0.2, 0.25) is 0 Å². The first-order valence-corrected chi connectivity index (χ1v) is 14.3. The molecule has 1 fully saturated rings. The summed E-state index contributed by atoms with van der Waals surface area (Å²) in [5.74, 6) is -1.71. The van der Waals surface area contributed by atoms with Gasteiger partial charge in [0.2, 0.25) is 0 Å². The zero-order valence-corrected chi connectivity index (χ0v) is 24.4. The highest BCUT2D eigenvalue weighted by molar-refractivity contribution is 5.97. The van der Waals surface area contributed by atoms with Crippen molar-refractivity contribution in [2.75, 3.05) is 25.0 Å². The summed E-state index contributed by atoms with van der Waals surface area (Å²) in [7, 11) is 0. The second kappa shape index (κ2) is 12.8. The molecule has 2 amide bonds. The molecule has 226 valence electrons. The minimum atomic E-state index is -1.82. The van der Waals surface area contributed by atoms with E-state index < -0.39 is 23.2 Å². The summed E-state index contributed by atoms with van der Waals surface area (Å²) in [6.45, 7) is 3.50. The molecular weight excluding hydrogens is 565 g/mol. The van der Waals surface area contributed by atoms with Crippen LogP contribution in [0, 0.1) is 24.1 Å². The van der Waals surface area contributed by atoms with Crippen molar-refractivity contribution in [2.24, 2.45) is 0 Å². The van der Waals surface area contributed by atoms with E-state index in [1.807, 2.05) is 6.07 Å². The van der Waals surface area contributed by atoms with Crippen LogP contribution in [0.4, 0.5) is 10.1 Å². The van der Waals surface area contributed by atoms with Crippen LogP contribution in [0.1, 0.15) is 52.5 Å². The lowest BCUT2D eigenvalue weighted by Gasteiger charge is -2.33. The number of nitrogens with one attached hydrogen (secondary N) is 2. The smallest absolute Gasteiger partial charge is 0.272 e. The van der Waals surface area contributed by atoms with Crippen LogP contribution in [0.25, 0.3) is 10.8 Å². The summed E-state index contributed by atoms with van der Waals surface area (Å²) in [6, 6.07) is 18.4. The second-order valence-corrected chi connectivity index (χ2v) is 11.2. The molecule has 0 saturated carbocycles. The van der Waals surface area contributed by atoms with Gasteiger partial charge in [0.1, 0.15) is 5.82 Å². The van der Waals surface area contributed by atoms with Crippen molar-refractivity contribution in [2.45, 2.75) is 44.8 Å². The van der Waals surface area contributed by atoms with E-state index in [9.17, 15) is 23.9 Å². The standard InChI is InChI=1S/C33H32FN5O5/c1-20-15-23(9-8-22(20)18-35)36-32(42)33(2,43)19-44-24-11-13-39(14-12-24)31(41)27-16-21(7-10-28(27)34)17-29-25-5-3-4-6-26(25)30(40)38-37-29/h3-10,15-16,24,43H,11-14,17,19H2,1-2H3,(H,36,42)(H,38,40)/t33-/m0/s1. The summed E-state index contributed by atoms with van der Waals surface area (Å²) in [6.07, 6.45) is 0.900. The maximum atomic E-state index is 14.8. The largest absolute Gasteiger partial charge is 0.378 e. The van der Waals surface area contributed by atoms with E-state index in [0.29, 0.717) is 71.2 Å². The number of likely N-dealkylation sites (tertiary alicyclic amines) is 1. The number of piperidine rings is 1. The number of carbonyl (C=O) groups is 2. The van der Waals surface area contributed by atoms with E-state index >= 15 is 0 Å². The zero-order valence-electron chi connectivity index (χ0n) is 24.4. The van der Waals surface area contributed by atoms with Crippen molar-refractivity contribution in [3.05, 3.63) is 105 Å². The van der Waals surface area contributed by atoms with Crippen LogP contribution in [0.3, 0.4) is 0 Å². The quantitative estimate of drug-likeness (QED) is 0.279. The van der Waals surface area contributed by atoms with E-state index in [2.05, 4.69) is 21.6 Å². The monoisotopic (exact) mass is 597 g/mol. The number of hydrogen-bond donors (Lipinski definition) is 3. The van der Waals surface area contributed by atoms with Gasteiger partial charge in [-0.15, -0.1) is 0 Å². The highest BCUT2D eigenvalue weighted by Crippen LogP contribution is 2.23. The molecule has 11 heteroatoms. The Labute approximate surface area is 253 Å². The third-order valence-corrected chi connectivity index (χ3v) is 7.83. The van der Waals surface area contributed by atoms with E-state index in [4.69, 9.17) is 10.00 Å².